The Bertz CT molecular complexity index is 1710. The molecule has 0 fully saturated rings. The smallest absolute Gasteiger partial charge is 0.325 e. The van der Waals surface area contributed by atoms with Gasteiger partial charge in [0.25, 0.3) is 0 Å². The van der Waals surface area contributed by atoms with Crippen molar-refractivity contribution in [2.75, 3.05) is 22.8 Å². The van der Waals surface area contributed by atoms with Crippen LogP contribution in [-0.4, -0.2) is 50.0 Å². The van der Waals surface area contributed by atoms with Gasteiger partial charge in [-0.2, -0.15) is 8.42 Å². The molecule has 0 unspecified atom stereocenters. The third-order valence-electron chi connectivity index (χ3n) is 6.36. The van der Waals surface area contributed by atoms with Crippen molar-refractivity contribution in [1.82, 2.24) is 20.0 Å². The standard InChI is InChI=1S/C26H24F2N6O4S2/c1-15-30-21-14-20(5-6-23(21)39-15)33(2)25(35)22(12-16-10-18(27)13-19(28)11-16)31-26(36)32-40(37,38)34-9-7-17-4-3-8-29-24(17)34/h3-6,8,10-11,13-14,22H,7,9,12H2,1-2H3,(H2,31,32,36)/t22-/m0/s1. The van der Waals surface area contributed by atoms with E-state index in [2.05, 4.69) is 15.3 Å². The van der Waals surface area contributed by atoms with Crippen molar-refractivity contribution >= 4 is 55.2 Å². The highest BCUT2D eigenvalue weighted by molar-refractivity contribution is 7.91. The molecule has 14 heteroatoms. The van der Waals surface area contributed by atoms with Crippen molar-refractivity contribution in [3.63, 3.8) is 0 Å². The molecule has 1 atom stereocenters. The Morgan fingerprint density at radius 3 is 2.65 bits per heavy atom. The van der Waals surface area contributed by atoms with Gasteiger partial charge in [0.05, 0.1) is 15.2 Å². The third-order valence-corrected chi connectivity index (χ3v) is 8.69. The summed E-state index contributed by atoms with van der Waals surface area (Å²) >= 11 is 1.50. The molecule has 10 nitrogen and oxygen atoms in total. The van der Waals surface area contributed by atoms with E-state index in [4.69, 9.17) is 0 Å². The fourth-order valence-electron chi connectivity index (χ4n) is 4.54. The van der Waals surface area contributed by atoms with Crippen LogP contribution in [0, 0.1) is 18.6 Å². The number of fused-ring (bicyclic) bond motifs is 2. The molecule has 3 heterocycles. The fraction of sp³-hybridized carbons (Fsp3) is 0.231. The van der Waals surface area contributed by atoms with Crippen LogP contribution in [0.1, 0.15) is 16.1 Å². The van der Waals surface area contributed by atoms with Gasteiger partial charge in [-0.1, -0.05) is 6.07 Å². The van der Waals surface area contributed by atoms with Crippen LogP contribution in [-0.2, 0) is 27.8 Å². The monoisotopic (exact) mass is 586 g/mol. The van der Waals surface area contributed by atoms with E-state index in [9.17, 15) is 26.8 Å². The maximum absolute atomic E-state index is 13.9. The van der Waals surface area contributed by atoms with Crippen LogP contribution in [0.25, 0.3) is 10.2 Å². The number of aryl methyl sites for hydroxylation is 1. The van der Waals surface area contributed by atoms with Crippen molar-refractivity contribution in [2.24, 2.45) is 0 Å². The molecule has 0 spiro atoms. The number of urea groups is 1. The Labute approximate surface area is 232 Å². The summed E-state index contributed by atoms with van der Waals surface area (Å²) < 4.78 is 57.6. The van der Waals surface area contributed by atoms with E-state index in [1.165, 1.54) is 29.5 Å². The number of hydrogen-bond donors (Lipinski definition) is 2. The number of rotatable bonds is 7. The molecule has 0 aliphatic carbocycles. The maximum atomic E-state index is 13.9. The van der Waals surface area contributed by atoms with Gasteiger partial charge < -0.3 is 10.2 Å². The molecule has 2 N–H and O–H groups in total. The highest BCUT2D eigenvalue weighted by Crippen LogP contribution is 2.28. The topological polar surface area (TPSA) is 125 Å². The number of pyridine rings is 1. The van der Waals surface area contributed by atoms with Gasteiger partial charge in [-0.05, 0) is 60.9 Å². The van der Waals surface area contributed by atoms with Gasteiger partial charge >= 0.3 is 16.2 Å². The average molecular weight is 587 g/mol. The van der Waals surface area contributed by atoms with E-state index in [1.54, 1.807) is 24.3 Å². The summed E-state index contributed by atoms with van der Waals surface area (Å²) in [5, 5.41) is 3.22. The Morgan fingerprint density at radius 2 is 1.90 bits per heavy atom. The molecule has 2 aromatic carbocycles. The molecule has 1 aliphatic heterocycles. The van der Waals surface area contributed by atoms with Crippen molar-refractivity contribution in [1.29, 1.82) is 0 Å². The molecule has 208 valence electrons. The first-order valence-electron chi connectivity index (χ1n) is 12.1. The molecule has 1 aliphatic rings. The van der Waals surface area contributed by atoms with E-state index in [0.717, 1.165) is 26.1 Å². The number of nitrogens with zero attached hydrogens (tertiary/aromatic N) is 4. The number of aromatic nitrogens is 2. The number of amides is 3. The number of anilines is 2. The molecule has 4 aromatic rings. The predicted octanol–water partition coefficient (Wildman–Crippen LogP) is 3.46. The molecule has 0 saturated heterocycles. The van der Waals surface area contributed by atoms with Crippen LogP contribution < -0.4 is 19.2 Å². The average Bonchev–Trinajstić information content (AvgIpc) is 3.49. The molecular formula is C26H24F2N6O4S2. The van der Waals surface area contributed by atoms with Gasteiger partial charge in [0.1, 0.15) is 23.5 Å². The lowest BCUT2D eigenvalue weighted by atomic mass is 10.0. The Morgan fingerprint density at radius 1 is 1.15 bits per heavy atom. The molecule has 3 amide bonds. The summed E-state index contributed by atoms with van der Waals surface area (Å²) in [5.74, 6) is -2.15. The summed E-state index contributed by atoms with van der Waals surface area (Å²) in [6, 6.07) is 8.85. The van der Waals surface area contributed by atoms with Crippen LogP contribution in [0.2, 0.25) is 0 Å². The van der Waals surface area contributed by atoms with Gasteiger partial charge in [0, 0.05) is 38.0 Å². The van der Waals surface area contributed by atoms with Gasteiger partial charge in [-0.15, -0.1) is 11.3 Å². The van der Waals surface area contributed by atoms with E-state index < -0.39 is 39.8 Å². The number of thiazole rings is 1. The number of hydrogen-bond acceptors (Lipinski definition) is 7. The summed E-state index contributed by atoms with van der Waals surface area (Å²) in [7, 11) is -2.89. The number of halogens is 2. The first-order valence-corrected chi connectivity index (χ1v) is 14.4. The van der Waals surface area contributed by atoms with E-state index in [1.807, 2.05) is 17.7 Å². The van der Waals surface area contributed by atoms with Gasteiger partial charge in [0.2, 0.25) is 5.91 Å². The quantitative estimate of drug-likeness (QED) is 0.342. The van der Waals surface area contributed by atoms with Gasteiger partial charge in [0.15, 0.2) is 0 Å². The third kappa shape index (κ3) is 5.72. The largest absolute Gasteiger partial charge is 0.330 e. The molecular weight excluding hydrogens is 562 g/mol. The van der Waals surface area contributed by atoms with Crippen molar-refractivity contribution in [3.8, 4) is 0 Å². The Hall–Kier alpha value is -4.17. The fourth-order valence-corrected chi connectivity index (χ4v) is 6.47. The number of likely N-dealkylation sites (N-methyl/N-ethyl adjacent to an activating group) is 1. The first kappa shape index (κ1) is 27.4. The highest BCUT2D eigenvalue weighted by Gasteiger charge is 2.33. The molecule has 0 saturated carbocycles. The molecule has 0 bridgehead atoms. The molecule has 2 aromatic heterocycles. The second kappa shape index (κ2) is 10.8. The lowest BCUT2D eigenvalue weighted by Gasteiger charge is -2.26. The Balaban J connectivity index is 1.39. The lowest BCUT2D eigenvalue weighted by Crippen LogP contribution is -2.54. The van der Waals surface area contributed by atoms with E-state index in [-0.39, 0.29) is 24.3 Å². The normalized spacial score (nSPS) is 13.7. The minimum Gasteiger partial charge on any atom is -0.325 e. The summed E-state index contributed by atoms with van der Waals surface area (Å²) in [6.45, 7) is 1.95. The summed E-state index contributed by atoms with van der Waals surface area (Å²) in [5.41, 5.74) is 1.95. The van der Waals surface area contributed by atoms with Crippen LogP contribution in [0.15, 0.2) is 54.7 Å². The summed E-state index contributed by atoms with van der Waals surface area (Å²) in [4.78, 5) is 36.3. The van der Waals surface area contributed by atoms with Crippen molar-refractivity contribution < 1.29 is 26.8 Å². The van der Waals surface area contributed by atoms with Crippen molar-refractivity contribution in [2.45, 2.75) is 25.8 Å². The van der Waals surface area contributed by atoms with E-state index >= 15 is 0 Å². The zero-order valence-corrected chi connectivity index (χ0v) is 23.0. The first-order chi connectivity index (χ1) is 19.0. The van der Waals surface area contributed by atoms with Gasteiger partial charge in [-0.25, -0.2) is 32.6 Å². The minimum atomic E-state index is -4.37. The number of carbonyl (C=O) groups is 2. The summed E-state index contributed by atoms with van der Waals surface area (Å²) in [6.07, 6.45) is 1.56. The highest BCUT2D eigenvalue weighted by atomic mass is 32.2. The second-order valence-electron chi connectivity index (χ2n) is 9.21. The zero-order chi connectivity index (χ0) is 28.6. The van der Waals surface area contributed by atoms with Crippen LogP contribution in [0.3, 0.4) is 0 Å². The van der Waals surface area contributed by atoms with Crippen LogP contribution in [0.5, 0.6) is 0 Å². The van der Waals surface area contributed by atoms with Crippen molar-refractivity contribution in [3.05, 3.63) is 82.5 Å². The number of carbonyl (C=O) groups excluding carboxylic acids is 2. The SMILES string of the molecule is Cc1nc2cc(N(C)C(=O)[C@H](Cc3cc(F)cc(F)c3)NC(=O)NS(=O)(=O)N3CCc4cccnc43)ccc2s1. The zero-order valence-electron chi connectivity index (χ0n) is 21.4. The number of benzene rings is 2. The molecule has 5 rings (SSSR count). The minimum absolute atomic E-state index is 0.0845. The molecule has 40 heavy (non-hydrogen) atoms. The van der Waals surface area contributed by atoms with E-state index in [0.29, 0.717) is 29.3 Å². The number of nitrogens with one attached hydrogen (secondary N) is 2. The second-order valence-corrected chi connectivity index (χ2v) is 12.0. The predicted molar refractivity (Wildman–Crippen MR) is 147 cm³/mol. The van der Waals surface area contributed by atoms with Crippen LogP contribution >= 0.6 is 11.3 Å². The molecule has 0 radical (unpaired) electrons. The maximum Gasteiger partial charge on any atom is 0.330 e. The Kier molecular flexibility index (Phi) is 7.38. The van der Waals surface area contributed by atoms with Gasteiger partial charge in [-0.3, -0.25) is 4.79 Å². The van der Waals surface area contributed by atoms with Crippen LogP contribution in [0.4, 0.5) is 25.1 Å². The lowest BCUT2D eigenvalue weighted by molar-refractivity contribution is -0.120.